The first-order valence-electron chi connectivity index (χ1n) is 6.23. The van der Waals surface area contributed by atoms with Gasteiger partial charge < -0.3 is 9.47 Å². The van der Waals surface area contributed by atoms with Gasteiger partial charge in [-0.05, 0) is 37.9 Å². The third-order valence-electron chi connectivity index (χ3n) is 3.48. The predicted octanol–water partition coefficient (Wildman–Crippen LogP) is 1.80. The van der Waals surface area contributed by atoms with Gasteiger partial charge >= 0.3 is 0 Å². The number of rotatable bonds is 4. The second-order valence-corrected chi connectivity index (χ2v) is 4.98. The van der Waals surface area contributed by atoms with Crippen molar-refractivity contribution in [3.05, 3.63) is 34.7 Å². The molecule has 1 aliphatic heterocycles. The van der Waals surface area contributed by atoms with E-state index in [2.05, 4.69) is 4.90 Å². The summed E-state index contributed by atoms with van der Waals surface area (Å²) in [6, 6.07) is 5.30. The molecule has 4 heteroatoms. The number of piperidine rings is 1. The van der Waals surface area contributed by atoms with Crippen molar-refractivity contribution < 1.29 is 0 Å². The second kappa shape index (κ2) is 6.22. The van der Waals surface area contributed by atoms with Gasteiger partial charge in [0.1, 0.15) is 0 Å². The molecular weight excluding hydrogens is 236 g/mol. The van der Waals surface area contributed by atoms with Crippen LogP contribution < -0.4 is 5.56 Å². The molecule has 1 fully saturated rings. The molecule has 3 nitrogen and oxygen atoms in total. The molecular formula is C13H19ClN2O. The van der Waals surface area contributed by atoms with E-state index in [0.29, 0.717) is 5.92 Å². The summed E-state index contributed by atoms with van der Waals surface area (Å²) in [5.74, 6) is 1.47. The van der Waals surface area contributed by atoms with E-state index >= 15 is 0 Å². The Morgan fingerprint density at radius 3 is 2.65 bits per heavy atom. The maximum Gasteiger partial charge on any atom is 0.250 e. The molecule has 94 valence electrons. The molecule has 0 N–H and O–H groups in total. The predicted molar refractivity (Wildman–Crippen MR) is 70.6 cm³/mol. The van der Waals surface area contributed by atoms with E-state index in [-0.39, 0.29) is 5.56 Å². The molecule has 0 amide bonds. The fraction of sp³-hybridized carbons (Fsp3) is 0.615. The van der Waals surface area contributed by atoms with Crippen LogP contribution in [0.4, 0.5) is 0 Å². The smallest absolute Gasteiger partial charge is 0.250 e. The van der Waals surface area contributed by atoms with Crippen molar-refractivity contribution in [1.82, 2.24) is 9.47 Å². The molecule has 1 aliphatic rings. The molecule has 1 aromatic heterocycles. The van der Waals surface area contributed by atoms with Crippen molar-refractivity contribution in [1.29, 1.82) is 0 Å². The van der Waals surface area contributed by atoms with Crippen LogP contribution in [0.5, 0.6) is 0 Å². The average molecular weight is 255 g/mol. The van der Waals surface area contributed by atoms with E-state index in [9.17, 15) is 4.79 Å². The summed E-state index contributed by atoms with van der Waals surface area (Å²) in [5, 5.41) is 0. The molecule has 0 saturated carbocycles. The van der Waals surface area contributed by atoms with Gasteiger partial charge in [0.2, 0.25) is 0 Å². The summed E-state index contributed by atoms with van der Waals surface area (Å²) in [7, 11) is 0. The third kappa shape index (κ3) is 3.58. The Labute approximate surface area is 107 Å². The SMILES string of the molecule is O=c1ccccn1CCN1CCC(CCl)CC1. The number of hydrogen-bond acceptors (Lipinski definition) is 2. The standard InChI is InChI=1S/C13H19ClN2O/c14-11-12-4-7-15(8-5-12)9-10-16-6-2-1-3-13(16)17/h1-3,6,12H,4-5,7-11H2. The summed E-state index contributed by atoms with van der Waals surface area (Å²) in [4.78, 5) is 13.9. The summed E-state index contributed by atoms with van der Waals surface area (Å²) in [6.45, 7) is 3.96. The lowest BCUT2D eigenvalue weighted by atomic mass is 9.99. The zero-order chi connectivity index (χ0) is 12.1. The molecule has 0 spiro atoms. The van der Waals surface area contributed by atoms with Gasteiger partial charge in [-0.2, -0.15) is 0 Å². The van der Waals surface area contributed by atoms with Crippen LogP contribution in [0.3, 0.4) is 0 Å². The monoisotopic (exact) mass is 254 g/mol. The fourth-order valence-electron chi connectivity index (χ4n) is 2.26. The topological polar surface area (TPSA) is 25.2 Å². The van der Waals surface area contributed by atoms with Gasteiger partial charge in [0, 0.05) is 31.2 Å². The maximum atomic E-state index is 11.5. The van der Waals surface area contributed by atoms with Crippen molar-refractivity contribution in [2.75, 3.05) is 25.5 Å². The van der Waals surface area contributed by atoms with Crippen molar-refractivity contribution in [3.8, 4) is 0 Å². The number of alkyl halides is 1. The highest BCUT2D eigenvalue weighted by atomic mass is 35.5. The zero-order valence-electron chi connectivity index (χ0n) is 10.0. The van der Waals surface area contributed by atoms with Crippen LogP contribution in [0.15, 0.2) is 29.2 Å². The highest BCUT2D eigenvalue weighted by Crippen LogP contribution is 2.17. The van der Waals surface area contributed by atoms with Crippen molar-refractivity contribution in [3.63, 3.8) is 0 Å². The number of hydrogen-bond donors (Lipinski definition) is 0. The third-order valence-corrected chi connectivity index (χ3v) is 3.92. The van der Waals surface area contributed by atoms with Crippen LogP contribution in [0, 0.1) is 5.92 Å². The van der Waals surface area contributed by atoms with Crippen molar-refractivity contribution in [2.24, 2.45) is 5.92 Å². The number of aromatic nitrogens is 1. The highest BCUT2D eigenvalue weighted by Gasteiger charge is 2.17. The quantitative estimate of drug-likeness (QED) is 0.766. The van der Waals surface area contributed by atoms with Gasteiger partial charge in [-0.25, -0.2) is 0 Å². The molecule has 1 saturated heterocycles. The second-order valence-electron chi connectivity index (χ2n) is 4.67. The summed E-state index contributed by atoms with van der Waals surface area (Å²) >= 11 is 5.86. The van der Waals surface area contributed by atoms with Gasteiger partial charge in [-0.1, -0.05) is 6.07 Å². The average Bonchev–Trinajstić information content (AvgIpc) is 2.38. The van der Waals surface area contributed by atoms with Crippen molar-refractivity contribution >= 4 is 11.6 Å². The minimum atomic E-state index is 0.0862. The minimum absolute atomic E-state index is 0.0862. The molecule has 0 atom stereocenters. The van der Waals surface area contributed by atoms with E-state index in [1.165, 1.54) is 12.8 Å². The molecule has 2 rings (SSSR count). The normalized spacial score (nSPS) is 18.4. The Morgan fingerprint density at radius 1 is 1.24 bits per heavy atom. The van der Waals surface area contributed by atoms with Crippen molar-refractivity contribution in [2.45, 2.75) is 19.4 Å². The lowest BCUT2D eigenvalue weighted by Crippen LogP contribution is -2.37. The summed E-state index contributed by atoms with van der Waals surface area (Å²) < 4.78 is 1.77. The molecule has 0 radical (unpaired) electrons. The summed E-state index contributed by atoms with van der Waals surface area (Å²) in [5.41, 5.74) is 0.0862. The Kier molecular flexibility index (Phi) is 4.63. The maximum absolute atomic E-state index is 11.5. The van der Waals surface area contributed by atoms with Crippen LogP contribution in [-0.2, 0) is 6.54 Å². The van der Waals surface area contributed by atoms with Gasteiger partial charge in [-0.3, -0.25) is 4.79 Å². The molecule has 0 unspecified atom stereocenters. The Morgan fingerprint density at radius 2 is 2.00 bits per heavy atom. The van der Waals surface area contributed by atoms with E-state index in [1.54, 1.807) is 16.7 Å². The van der Waals surface area contributed by atoms with Crippen LogP contribution in [0.2, 0.25) is 0 Å². The van der Waals surface area contributed by atoms with Gasteiger partial charge in [0.05, 0.1) is 0 Å². The van der Waals surface area contributed by atoms with Crippen LogP contribution in [-0.4, -0.2) is 35.0 Å². The van der Waals surface area contributed by atoms with Gasteiger partial charge in [0.15, 0.2) is 0 Å². The molecule has 2 heterocycles. The largest absolute Gasteiger partial charge is 0.314 e. The van der Waals surface area contributed by atoms with Gasteiger partial charge in [-0.15, -0.1) is 11.6 Å². The molecule has 0 aliphatic carbocycles. The number of nitrogens with zero attached hydrogens (tertiary/aromatic N) is 2. The minimum Gasteiger partial charge on any atom is -0.314 e. The first kappa shape index (κ1) is 12.7. The fourth-order valence-corrected chi connectivity index (χ4v) is 2.57. The lowest BCUT2D eigenvalue weighted by Gasteiger charge is -2.31. The van der Waals surface area contributed by atoms with E-state index in [1.807, 2.05) is 12.3 Å². The van der Waals surface area contributed by atoms with E-state index in [0.717, 1.165) is 32.1 Å². The number of pyridine rings is 1. The Balaban J connectivity index is 1.80. The van der Waals surface area contributed by atoms with E-state index < -0.39 is 0 Å². The highest BCUT2D eigenvalue weighted by molar-refractivity contribution is 6.18. The summed E-state index contributed by atoms with van der Waals surface area (Å²) in [6.07, 6.45) is 4.23. The first-order chi connectivity index (χ1) is 8.29. The van der Waals surface area contributed by atoms with Crippen LogP contribution in [0.25, 0.3) is 0 Å². The van der Waals surface area contributed by atoms with Crippen LogP contribution in [0.1, 0.15) is 12.8 Å². The van der Waals surface area contributed by atoms with Crippen LogP contribution >= 0.6 is 11.6 Å². The van der Waals surface area contributed by atoms with E-state index in [4.69, 9.17) is 11.6 Å². The molecule has 1 aromatic rings. The number of likely N-dealkylation sites (tertiary alicyclic amines) is 1. The lowest BCUT2D eigenvalue weighted by molar-refractivity contribution is 0.187. The Hall–Kier alpha value is -0.800. The number of halogens is 1. The van der Waals surface area contributed by atoms with Gasteiger partial charge in [0.25, 0.3) is 5.56 Å². The zero-order valence-corrected chi connectivity index (χ0v) is 10.8. The molecule has 0 aromatic carbocycles. The molecule has 17 heavy (non-hydrogen) atoms. The Bertz CT molecular complexity index is 396. The molecule has 0 bridgehead atoms. The first-order valence-corrected chi connectivity index (χ1v) is 6.77.